The molecule has 5 atom stereocenters. The average Bonchev–Trinajstić information content (AvgIpc) is 3.30. The zero-order valence-electron chi connectivity index (χ0n) is 17.7. The fourth-order valence-corrected chi connectivity index (χ4v) is 5.16. The average molecular weight is 553 g/mol. The summed E-state index contributed by atoms with van der Waals surface area (Å²) >= 11 is 0. The number of aliphatic hydroxyl groups is 2. The lowest BCUT2D eigenvalue weighted by molar-refractivity contribution is -0.0547. The van der Waals surface area contributed by atoms with E-state index in [1.165, 1.54) is 12.1 Å². The van der Waals surface area contributed by atoms with E-state index in [9.17, 15) is 38.2 Å². The highest BCUT2D eigenvalue weighted by Crippen LogP contribution is 2.57. The third-order valence-corrected chi connectivity index (χ3v) is 7.30. The second-order valence-corrected chi connectivity index (χ2v) is 10.4. The Morgan fingerprint density at radius 3 is 2.53 bits per heavy atom. The number of aromatic nitrogens is 3. The maximum Gasteiger partial charge on any atom is 0.481 e. The van der Waals surface area contributed by atoms with Crippen LogP contribution in [0.5, 0.6) is 0 Å². The summed E-state index contributed by atoms with van der Waals surface area (Å²) in [5.41, 5.74) is -1.85. The molecule has 2 aromatic heterocycles. The Balaban J connectivity index is 1.58. The highest BCUT2D eigenvalue weighted by Gasteiger charge is 2.46. The van der Waals surface area contributed by atoms with Crippen molar-refractivity contribution in [3.63, 3.8) is 0 Å². The van der Waals surface area contributed by atoms with Crippen molar-refractivity contribution in [2.75, 3.05) is 6.61 Å². The van der Waals surface area contributed by atoms with Crippen LogP contribution in [0.3, 0.4) is 0 Å². The molecule has 3 aromatic rings. The maximum atomic E-state index is 14.2. The van der Waals surface area contributed by atoms with Crippen LogP contribution in [-0.2, 0) is 29.2 Å². The second kappa shape index (κ2) is 9.72. The minimum Gasteiger partial charge on any atom is -0.387 e. The van der Waals surface area contributed by atoms with Crippen LogP contribution in [0.25, 0.3) is 11.0 Å². The Kier molecular flexibility index (Phi) is 7.15. The van der Waals surface area contributed by atoms with Gasteiger partial charge < -0.3 is 34.2 Å². The molecule has 1 aromatic carbocycles. The van der Waals surface area contributed by atoms with E-state index >= 15 is 0 Å². The van der Waals surface area contributed by atoms with Gasteiger partial charge in [-0.15, -0.1) is 0 Å². The molecule has 19 heteroatoms. The van der Waals surface area contributed by atoms with Crippen molar-refractivity contribution >= 4 is 26.6 Å². The lowest BCUT2D eigenvalue weighted by Crippen LogP contribution is -2.43. The van der Waals surface area contributed by atoms with Gasteiger partial charge >= 0.3 is 21.3 Å². The van der Waals surface area contributed by atoms with E-state index in [2.05, 4.69) is 14.0 Å². The molecular formula is C17H18FN3O13P2. The van der Waals surface area contributed by atoms with Gasteiger partial charge in [-0.2, -0.15) is 4.31 Å². The standard InChI is InChI=1S/C17H18FN3O13P2/c18-8-2-1-3-10-13(8)9(19-33-10)6-21-12(22)4-5-20(17(21)25)16-15(24)14(23)11(32-16)7-31-36(29,30)34-35(26,27)28/h1-5,11,14-16,23-24H,6-7H2,(H,29,30)(H2,26,27,28)/t11-,14-,15-,16-/m1/s1. The van der Waals surface area contributed by atoms with E-state index < -0.39 is 70.4 Å². The van der Waals surface area contributed by atoms with Crippen LogP contribution in [0.2, 0.25) is 0 Å². The number of rotatable bonds is 8. The van der Waals surface area contributed by atoms with Crippen molar-refractivity contribution in [1.82, 2.24) is 14.3 Å². The zero-order valence-corrected chi connectivity index (χ0v) is 19.5. The molecule has 1 fully saturated rings. The highest BCUT2D eigenvalue weighted by molar-refractivity contribution is 7.60. The summed E-state index contributed by atoms with van der Waals surface area (Å²) in [4.78, 5) is 52.0. The molecule has 1 saturated heterocycles. The smallest absolute Gasteiger partial charge is 0.387 e. The van der Waals surface area contributed by atoms with Crippen LogP contribution in [0.15, 0.2) is 44.6 Å². The maximum absolute atomic E-state index is 14.2. The van der Waals surface area contributed by atoms with Crippen LogP contribution in [0.4, 0.5) is 4.39 Å². The Labute approximate surface area is 198 Å². The fraction of sp³-hybridized carbons (Fsp3) is 0.353. The molecular weight excluding hydrogens is 535 g/mol. The molecule has 3 heterocycles. The fourth-order valence-electron chi connectivity index (χ4n) is 3.56. The van der Waals surface area contributed by atoms with Crippen LogP contribution in [-0.4, -0.2) is 64.1 Å². The number of fused-ring (bicyclic) bond motifs is 1. The number of benzene rings is 1. The van der Waals surface area contributed by atoms with Crippen molar-refractivity contribution in [2.45, 2.75) is 31.1 Å². The SMILES string of the molecule is O=c1ccn([C@@H]2O[C@H](COP(=O)(O)OP(=O)(O)O)[C@@H](O)[C@H]2O)c(=O)n1Cc1noc2cccc(F)c12. The molecule has 0 saturated carbocycles. The Morgan fingerprint density at radius 1 is 1.11 bits per heavy atom. The molecule has 1 unspecified atom stereocenters. The van der Waals surface area contributed by atoms with Gasteiger partial charge in [0, 0.05) is 12.3 Å². The number of phosphoric ester groups is 1. The summed E-state index contributed by atoms with van der Waals surface area (Å²) in [6.07, 6.45) is -5.84. The molecule has 0 radical (unpaired) electrons. The first-order valence-electron chi connectivity index (χ1n) is 9.88. The molecule has 36 heavy (non-hydrogen) atoms. The topological polar surface area (TPSA) is 233 Å². The lowest BCUT2D eigenvalue weighted by atomic mass is 10.1. The quantitative estimate of drug-likeness (QED) is 0.215. The van der Waals surface area contributed by atoms with Crippen LogP contribution in [0, 0.1) is 5.82 Å². The molecule has 0 spiro atoms. The van der Waals surface area contributed by atoms with Gasteiger partial charge in [0.1, 0.15) is 29.8 Å². The number of phosphoric acid groups is 2. The van der Waals surface area contributed by atoms with Crippen molar-refractivity contribution in [2.24, 2.45) is 0 Å². The second-order valence-electron chi connectivity index (χ2n) is 7.56. The summed E-state index contributed by atoms with van der Waals surface area (Å²) in [6.45, 7) is -1.50. The van der Waals surface area contributed by atoms with Gasteiger partial charge in [0.05, 0.1) is 18.5 Å². The van der Waals surface area contributed by atoms with Crippen molar-refractivity contribution in [3.05, 3.63) is 62.8 Å². The number of hydrogen-bond donors (Lipinski definition) is 5. The van der Waals surface area contributed by atoms with Gasteiger partial charge in [-0.1, -0.05) is 11.2 Å². The Bertz CT molecular complexity index is 1500. The normalized spacial score (nSPS) is 24.3. The van der Waals surface area contributed by atoms with Gasteiger partial charge in [-0.05, 0) is 12.1 Å². The predicted octanol–water partition coefficient (Wildman–Crippen LogP) is -0.816. The predicted molar refractivity (Wildman–Crippen MR) is 113 cm³/mol. The monoisotopic (exact) mass is 553 g/mol. The molecule has 4 rings (SSSR count). The van der Waals surface area contributed by atoms with E-state index in [-0.39, 0.29) is 16.7 Å². The van der Waals surface area contributed by atoms with Gasteiger partial charge in [-0.3, -0.25) is 18.5 Å². The Morgan fingerprint density at radius 2 is 1.83 bits per heavy atom. The summed E-state index contributed by atoms with van der Waals surface area (Å²) < 4.78 is 56.3. The molecule has 5 N–H and O–H groups in total. The summed E-state index contributed by atoms with van der Waals surface area (Å²) in [5, 5.41) is 24.2. The van der Waals surface area contributed by atoms with Crippen LogP contribution in [0.1, 0.15) is 11.9 Å². The highest BCUT2D eigenvalue weighted by atomic mass is 31.3. The molecule has 0 aliphatic carbocycles. The van der Waals surface area contributed by atoms with Gasteiger partial charge in [0.2, 0.25) is 0 Å². The minimum atomic E-state index is -5.40. The number of ether oxygens (including phenoxy) is 1. The molecule has 16 nitrogen and oxygen atoms in total. The third kappa shape index (κ3) is 5.40. The van der Waals surface area contributed by atoms with Crippen molar-refractivity contribution < 1.29 is 56.5 Å². The van der Waals surface area contributed by atoms with E-state index in [0.717, 1.165) is 22.9 Å². The molecule has 0 bridgehead atoms. The molecule has 1 aliphatic rings. The van der Waals surface area contributed by atoms with Gasteiger partial charge in [0.15, 0.2) is 11.8 Å². The molecule has 1 aliphatic heterocycles. The molecule has 196 valence electrons. The summed E-state index contributed by atoms with van der Waals surface area (Å²) in [6, 6.07) is 4.88. The summed E-state index contributed by atoms with van der Waals surface area (Å²) in [5.74, 6) is -0.697. The van der Waals surface area contributed by atoms with Crippen LogP contribution < -0.4 is 11.2 Å². The van der Waals surface area contributed by atoms with E-state index in [4.69, 9.17) is 19.0 Å². The van der Waals surface area contributed by atoms with Gasteiger partial charge in [0.25, 0.3) is 5.56 Å². The number of aliphatic hydroxyl groups excluding tert-OH is 2. The van der Waals surface area contributed by atoms with E-state index in [0.29, 0.717) is 4.57 Å². The zero-order chi connectivity index (χ0) is 26.4. The minimum absolute atomic E-state index is 0.0463. The van der Waals surface area contributed by atoms with E-state index in [1.54, 1.807) is 0 Å². The van der Waals surface area contributed by atoms with Gasteiger partial charge in [-0.25, -0.2) is 18.3 Å². The number of halogens is 1. The van der Waals surface area contributed by atoms with Crippen molar-refractivity contribution in [3.8, 4) is 0 Å². The first-order valence-corrected chi connectivity index (χ1v) is 12.9. The van der Waals surface area contributed by atoms with Crippen molar-refractivity contribution in [1.29, 1.82) is 0 Å². The number of hydrogen-bond acceptors (Lipinski definition) is 11. The first kappa shape index (κ1) is 26.5. The largest absolute Gasteiger partial charge is 0.481 e. The Hall–Kier alpha value is -2.56. The third-order valence-electron chi connectivity index (χ3n) is 5.14. The lowest BCUT2D eigenvalue weighted by Gasteiger charge is -2.19. The number of nitrogens with zero attached hydrogens (tertiary/aromatic N) is 3. The van der Waals surface area contributed by atoms with E-state index in [1.807, 2.05) is 0 Å². The summed E-state index contributed by atoms with van der Waals surface area (Å²) in [7, 11) is -10.7. The van der Waals surface area contributed by atoms with Crippen LogP contribution >= 0.6 is 15.6 Å². The first-order chi connectivity index (χ1) is 16.8. The molecule has 0 amide bonds.